The van der Waals surface area contributed by atoms with Crippen molar-refractivity contribution >= 4 is 6.21 Å². The summed E-state index contributed by atoms with van der Waals surface area (Å²) >= 11 is 0. The first kappa shape index (κ1) is 12.5. The summed E-state index contributed by atoms with van der Waals surface area (Å²) in [7, 11) is 0. The van der Waals surface area contributed by atoms with Gasteiger partial charge in [0, 0.05) is 44.8 Å². The molecule has 16 heavy (non-hydrogen) atoms. The third-order valence-electron chi connectivity index (χ3n) is 2.39. The first-order chi connectivity index (χ1) is 7.86. The van der Waals surface area contributed by atoms with Gasteiger partial charge in [0.15, 0.2) is 0 Å². The highest BCUT2D eigenvalue weighted by Crippen LogP contribution is 1.92. The van der Waals surface area contributed by atoms with Crippen molar-refractivity contribution in [2.24, 2.45) is 4.99 Å². The van der Waals surface area contributed by atoms with Gasteiger partial charge in [0.05, 0.1) is 6.54 Å². The minimum absolute atomic E-state index is 0.847. The van der Waals surface area contributed by atoms with Gasteiger partial charge in [-0.05, 0) is 12.4 Å². The van der Waals surface area contributed by atoms with Crippen LogP contribution in [0.1, 0.15) is 0 Å². The molecule has 88 valence electrons. The average molecular weight is 220 g/mol. The van der Waals surface area contributed by atoms with E-state index in [0.717, 1.165) is 32.7 Å². The van der Waals surface area contributed by atoms with Gasteiger partial charge in [-0.3, -0.25) is 4.99 Å². The molecule has 2 rings (SSSR count). The predicted octanol–water partition coefficient (Wildman–Crippen LogP) is 1.02. The van der Waals surface area contributed by atoms with E-state index < -0.39 is 0 Å². The molecule has 2 aliphatic rings. The fourth-order valence-corrected chi connectivity index (χ4v) is 1.39. The zero-order valence-corrected chi connectivity index (χ0v) is 9.68. The molecule has 2 aliphatic heterocycles. The number of nitrogens with zero attached hydrogens (tertiary/aromatic N) is 3. The van der Waals surface area contributed by atoms with Gasteiger partial charge in [-0.2, -0.15) is 0 Å². The van der Waals surface area contributed by atoms with Crippen LogP contribution in [-0.2, 0) is 0 Å². The van der Waals surface area contributed by atoms with Crippen LogP contribution < -0.4 is 5.32 Å². The Hall–Kier alpha value is -1.55. The fourth-order valence-electron chi connectivity index (χ4n) is 1.39. The van der Waals surface area contributed by atoms with Crippen molar-refractivity contribution in [1.82, 2.24) is 15.1 Å². The van der Waals surface area contributed by atoms with Gasteiger partial charge in [-0.15, -0.1) is 0 Å². The molecule has 0 unspecified atom stereocenters. The van der Waals surface area contributed by atoms with E-state index in [4.69, 9.17) is 0 Å². The third-order valence-corrected chi connectivity index (χ3v) is 2.39. The van der Waals surface area contributed by atoms with E-state index in [9.17, 15) is 0 Å². The second kappa shape index (κ2) is 7.70. The molecule has 0 amide bonds. The van der Waals surface area contributed by atoms with Gasteiger partial charge in [-0.25, -0.2) is 0 Å². The number of hydrogen-bond donors (Lipinski definition) is 1. The maximum Gasteiger partial charge on any atom is 0.0573 e. The lowest BCUT2D eigenvalue weighted by molar-refractivity contribution is 0.325. The topological polar surface area (TPSA) is 30.9 Å². The zero-order chi connectivity index (χ0) is 11.6. The summed E-state index contributed by atoms with van der Waals surface area (Å²) in [6, 6.07) is 0. The Labute approximate surface area is 97.6 Å². The van der Waals surface area contributed by atoms with Gasteiger partial charge >= 0.3 is 0 Å². The second-order valence-corrected chi connectivity index (χ2v) is 3.48. The molecule has 0 aromatic carbocycles. The maximum atomic E-state index is 3.88. The van der Waals surface area contributed by atoms with E-state index >= 15 is 0 Å². The number of piperazine rings is 1. The van der Waals surface area contributed by atoms with Crippen molar-refractivity contribution in [3.05, 3.63) is 38.0 Å². The van der Waals surface area contributed by atoms with Gasteiger partial charge in [0.25, 0.3) is 0 Å². The fraction of sp³-hybridized carbons (Fsp3) is 0.417. The first-order valence-electron chi connectivity index (χ1n) is 5.50. The normalized spacial score (nSPS) is 18.8. The monoisotopic (exact) mass is 220 g/mol. The van der Waals surface area contributed by atoms with E-state index in [0.29, 0.717) is 0 Å². The minimum Gasteiger partial charge on any atom is -0.375 e. The molecule has 0 aromatic rings. The number of aliphatic imine (C=N–C) groups is 1. The van der Waals surface area contributed by atoms with Crippen molar-refractivity contribution in [2.75, 3.05) is 32.7 Å². The van der Waals surface area contributed by atoms with Crippen molar-refractivity contribution in [3.63, 3.8) is 0 Å². The smallest absolute Gasteiger partial charge is 0.0573 e. The molecule has 0 radical (unpaired) electrons. The summed E-state index contributed by atoms with van der Waals surface area (Å²) in [4.78, 5) is 8.05. The van der Waals surface area contributed by atoms with Crippen LogP contribution in [0, 0.1) is 0 Å². The average Bonchev–Trinajstić information content (AvgIpc) is 2.41. The van der Waals surface area contributed by atoms with Crippen LogP contribution in [0.25, 0.3) is 0 Å². The van der Waals surface area contributed by atoms with Crippen molar-refractivity contribution in [2.45, 2.75) is 0 Å². The predicted molar refractivity (Wildman–Crippen MR) is 69.2 cm³/mol. The third kappa shape index (κ3) is 4.79. The molecular formula is C12H20N4. The molecule has 1 fully saturated rings. The van der Waals surface area contributed by atoms with Crippen LogP contribution in [0.3, 0.4) is 0 Å². The van der Waals surface area contributed by atoms with E-state index in [-0.39, 0.29) is 0 Å². The Morgan fingerprint density at radius 3 is 2.31 bits per heavy atom. The Balaban J connectivity index is 0.000000160. The lowest BCUT2D eigenvalue weighted by Crippen LogP contribution is -2.40. The van der Waals surface area contributed by atoms with Crippen LogP contribution >= 0.6 is 0 Å². The van der Waals surface area contributed by atoms with E-state index in [1.165, 1.54) is 0 Å². The molecule has 4 heteroatoms. The van der Waals surface area contributed by atoms with Crippen molar-refractivity contribution in [1.29, 1.82) is 0 Å². The standard InChI is InChI=1S/C6H12N2.C6H8N2/c2*1-2-8-5-3-7-4-6-8/h2,7H,1,3-6H2;2-5H,1,6H2. The van der Waals surface area contributed by atoms with Crippen LogP contribution in [0.4, 0.5) is 0 Å². The molecule has 0 bridgehead atoms. The SMILES string of the molecule is C=CN1C=CN=CC1.C=CN1CCNCC1. The number of hydrogen-bond acceptors (Lipinski definition) is 4. The minimum atomic E-state index is 0.847. The summed E-state index contributed by atoms with van der Waals surface area (Å²) in [5.74, 6) is 0. The molecule has 0 aromatic heterocycles. The highest BCUT2D eigenvalue weighted by atomic mass is 15.2. The Morgan fingerprint density at radius 1 is 1.19 bits per heavy atom. The maximum absolute atomic E-state index is 3.88. The van der Waals surface area contributed by atoms with Gasteiger partial charge in [-0.1, -0.05) is 13.2 Å². The van der Waals surface area contributed by atoms with Crippen LogP contribution in [0.2, 0.25) is 0 Å². The molecule has 0 aliphatic carbocycles. The Kier molecular flexibility index (Phi) is 6.03. The van der Waals surface area contributed by atoms with Crippen LogP contribution in [0.5, 0.6) is 0 Å². The second-order valence-electron chi connectivity index (χ2n) is 3.48. The van der Waals surface area contributed by atoms with Gasteiger partial charge < -0.3 is 15.1 Å². The van der Waals surface area contributed by atoms with Crippen molar-refractivity contribution in [3.8, 4) is 0 Å². The lowest BCUT2D eigenvalue weighted by atomic mass is 10.4. The van der Waals surface area contributed by atoms with E-state index in [2.05, 4.69) is 28.4 Å². The lowest BCUT2D eigenvalue weighted by Gasteiger charge is -2.24. The molecule has 0 atom stereocenters. The number of rotatable bonds is 2. The largest absolute Gasteiger partial charge is 0.375 e. The molecular weight excluding hydrogens is 200 g/mol. The molecule has 1 saturated heterocycles. The molecule has 2 heterocycles. The molecule has 1 N–H and O–H groups in total. The molecule has 4 nitrogen and oxygen atoms in total. The molecule has 0 spiro atoms. The highest BCUT2D eigenvalue weighted by Gasteiger charge is 2.01. The van der Waals surface area contributed by atoms with Crippen LogP contribution in [-0.4, -0.2) is 48.7 Å². The summed E-state index contributed by atoms with van der Waals surface area (Å²) in [6.45, 7) is 12.6. The Morgan fingerprint density at radius 2 is 1.94 bits per heavy atom. The first-order valence-corrected chi connectivity index (χ1v) is 5.50. The van der Waals surface area contributed by atoms with Gasteiger partial charge in [0.2, 0.25) is 0 Å². The summed E-state index contributed by atoms with van der Waals surface area (Å²) in [5.41, 5.74) is 0. The number of nitrogens with one attached hydrogen (secondary N) is 1. The van der Waals surface area contributed by atoms with E-state index in [1.54, 1.807) is 12.4 Å². The summed E-state index contributed by atoms with van der Waals surface area (Å²) in [6.07, 6.45) is 9.13. The van der Waals surface area contributed by atoms with E-state index in [1.807, 2.05) is 23.5 Å². The Bertz CT molecular complexity index is 264. The van der Waals surface area contributed by atoms with Crippen molar-refractivity contribution < 1.29 is 0 Å². The highest BCUT2D eigenvalue weighted by molar-refractivity contribution is 5.61. The molecule has 0 saturated carbocycles. The quantitative estimate of drug-likeness (QED) is 0.754. The van der Waals surface area contributed by atoms with Crippen LogP contribution in [0.15, 0.2) is 43.0 Å². The van der Waals surface area contributed by atoms with Gasteiger partial charge in [0.1, 0.15) is 0 Å². The summed E-state index contributed by atoms with van der Waals surface area (Å²) < 4.78 is 0. The zero-order valence-electron chi connectivity index (χ0n) is 9.68. The summed E-state index contributed by atoms with van der Waals surface area (Å²) in [5, 5.41) is 3.26.